The van der Waals surface area contributed by atoms with Gasteiger partial charge in [-0.3, -0.25) is 0 Å². The van der Waals surface area contributed by atoms with Gasteiger partial charge >= 0.3 is 89.5 Å². The van der Waals surface area contributed by atoms with Crippen molar-refractivity contribution in [2.45, 2.75) is 5.59 Å². The maximum Gasteiger partial charge on any atom is 1.00 e. The average molecular weight is 619 g/mol. The summed E-state index contributed by atoms with van der Waals surface area (Å²) in [5, 5.41) is 7.95. The van der Waals surface area contributed by atoms with E-state index in [1.807, 2.05) is 0 Å². The molecule has 0 aromatic heterocycles. The van der Waals surface area contributed by atoms with E-state index in [2.05, 4.69) is 0 Å². The Hall–Kier alpha value is 3.22. The molecule has 0 aromatic carbocycles. The third-order valence-corrected chi connectivity index (χ3v) is 3.39. The third kappa shape index (κ3) is 13.3. The van der Waals surface area contributed by atoms with Crippen LogP contribution in [0.15, 0.2) is 0 Å². The van der Waals surface area contributed by atoms with Gasteiger partial charge in [-0.25, -0.2) is 0 Å². The quantitative estimate of drug-likeness (QED) is 0.246. The molecular formula is CH2Ag4O7P2. The van der Waals surface area contributed by atoms with Crippen LogP contribution in [0.2, 0.25) is 0 Å². The molecule has 0 aromatic rings. The predicted molar refractivity (Wildman–Crippen MR) is 21.2 cm³/mol. The summed E-state index contributed by atoms with van der Waals surface area (Å²) >= 11 is 0. The molecule has 0 aliphatic rings. The second-order valence-corrected chi connectivity index (χ2v) is 4.97. The van der Waals surface area contributed by atoms with Gasteiger partial charge in [-0.1, -0.05) is 0 Å². The number of hydrogen-bond donors (Lipinski definition) is 1. The van der Waals surface area contributed by atoms with Crippen molar-refractivity contribution in [1.82, 2.24) is 0 Å². The fourth-order valence-electron chi connectivity index (χ4n) is 0.173. The molecule has 0 amide bonds. The van der Waals surface area contributed by atoms with Crippen LogP contribution in [0.4, 0.5) is 0 Å². The van der Waals surface area contributed by atoms with Crippen molar-refractivity contribution >= 4 is 15.2 Å². The minimum atomic E-state index is -5.71. The van der Waals surface area contributed by atoms with Crippen LogP contribution >= 0.6 is 15.2 Å². The zero-order chi connectivity index (χ0) is 8.58. The summed E-state index contributed by atoms with van der Waals surface area (Å²) in [5.41, 5.74) is -3.35. The summed E-state index contributed by atoms with van der Waals surface area (Å²) in [6.45, 7) is 0. The molecule has 14 heavy (non-hydrogen) atoms. The van der Waals surface area contributed by atoms with E-state index in [9.17, 15) is 28.7 Å². The van der Waals surface area contributed by atoms with Crippen LogP contribution < -0.4 is 19.6 Å². The summed E-state index contributed by atoms with van der Waals surface area (Å²) in [6, 6.07) is 0. The van der Waals surface area contributed by atoms with Crippen LogP contribution in [0, 0.1) is 0 Å². The van der Waals surface area contributed by atoms with Gasteiger partial charge in [0.05, 0.1) is 0 Å². The maximum absolute atomic E-state index is 9.63. The van der Waals surface area contributed by atoms with Crippen molar-refractivity contribution in [3.63, 3.8) is 0 Å². The number of aliphatic hydroxyl groups excluding tert-OH is 1. The summed E-state index contributed by atoms with van der Waals surface area (Å²) in [6.07, 6.45) is 0. The van der Waals surface area contributed by atoms with Gasteiger partial charge in [-0.15, -0.1) is 0 Å². The topological polar surface area (TPSA) is 147 Å². The molecule has 13 heteroatoms. The summed E-state index contributed by atoms with van der Waals surface area (Å²) in [5.74, 6) is 0. The van der Waals surface area contributed by atoms with Crippen LogP contribution in [0.5, 0.6) is 0 Å². The van der Waals surface area contributed by atoms with Gasteiger partial charge < -0.3 is 33.8 Å². The van der Waals surface area contributed by atoms with Gasteiger partial charge in [0.25, 0.3) is 0 Å². The summed E-state index contributed by atoms with van der Waals surface area (Å²) in [4.78, 5) is 38.5. The van der Waals surface area contributed by atoms with Crippen LogP contribution in [-0.4, -0.2) is 10.7 Å². The van der Waals surface area contributed by atoms with Gasteiger partial charge in [0.1, 0.15) is 5.59 Å². The van der Waals surface area contributed by atoms with E-state index in [-0.39, 0.29) is 89.5 Å². The second kappa shape index (κ2) is 11.3. The second-order valence-electron chi connectivity index (χ2n) is 1.43. The predicted octanol–water partition coefficient (Wildman–Crippen LogP) is -3.92. The molecule has 0 atom stereocenters. The molecule has 1 N–H and O–H groups in total. The molecule has 0 bridgehead atoms. The van der Waals surface area contributed by atoms with Gasteiger partial charge in [-0.2, -0.15) is 0 Å². The first kappa shape index (κ1) is 30.3. The molecule has 0 saturated heterocycles. The largest absolute Gasteiger partial charge is 1.00 e. The molecule has 0 rings (SSSR count). The number of aliphatic hydroxyl groups is 1. The number of rotatable bonds is 2. The fraction of sp³-hybridized carbons (Fsp3) is 1.00. The van der Waals surface area contributed by atoms with Crippen LogP contribution in [-0.2, 0) is 98.7 Å². The Bertz CT molecular complexity index is 186. The molecule has 0 saturated carbocycles. The molecule has 0 spiro atoms. The molecule has 0 aliphatic carbocycles. The molecular weight excluding hydrogens is 617 g/mol. The van der Waals surface area contributed by atoms with E-state index < -0.39 is 20.8 Å². The molecule has 0 radical (unpaired) electrons. The van der Waals surface area contributed by atoms with E-state index >= 15 is 0 Å². The number of hydrogen-bond acceptors (Lipinski definition) is 7. The first-order valence-electron chi connectivity index (χ1n) is 1.87. The van der Waals surface area contributed by atoms with Crippen molar-refractivity contribution in [1.29, 1.82) is 0 Å². The zero-order valence-electron chi connectivity index (χ0n) is 5.57. The van der Waals surface area contributed by atoms with Crippen LogP contribution in [0.25, 0.3) is 0 Å². The Balaban J connectivity index is -0.0000000675. The summed E-state index contributed by atoms with van der Waals surface area (Å²) < 4.78 is 19.3. The minimum Gasteiger partial charge on any atom is -0.809 e. The first-order chi connectivity index (χ1) is 4.15. The monoisotopic (exact) mass is 616 g/mol. The van der Waals surface area contributed by atoms with E-state index in [0.29, 0.717) is 0 Å². The standard InChI is InChI=1S/CH6O7P2.4Ag/c2-1(9(3,4)5)10(6,7)8;;;;/h1-2H,(H2,3,4,5)(H2,6,7,8);;;;/q;4*+1/p-4. The molecule has 0 heterocycles. The van der Waals surface area contributed by atoms with Crippen LogP contribution in [0.3, 0.4) is 0 Å². The molecule has 102 valence electrons. The van der Waals surface area contributed by atoms with Crippen molar-refractivity contribution in [3.8, 4) is 0 Å². The Labute approximate surface area is 142 Å². The Kier molecular flexibility index (Phi) is 24.5. The Morgan fingerprint density at radius 1 is 0.786 bits per heavy atom. The zero-order valence-corrected chi connectivity index (χ0v) is 13.3. The van der Waals surface area contributed by atoms with Crippen LogP contribution in [0.1, 0.15) is 0 Å². The van der Waals surface area contributed by atoms with E-state index in [4.69, 9.17) is 5.11 Å². The van der Waals surface area contributed by atoms with Gasteiger partial charge in [0.15, 0.2) is 0 Å². The van der Waals surface area contributed by atoms with Crippen molar-refractivity contribution < 1.29 is 123 Å². The van der Waals surface area contributed by atoms with E-state index in [0.717, 1.165) is 0 Å². The van der Waals surface area contributed by atoms with Crippen molar-refractivity contribution in [2.75, 3.05) is 0 Å². The van der Waals surface area contributed by atoms with Gasteiger partial charge in [0, 0.05) is 0 Å². The maximum atomic E-state index is 9.63. The van der Waals surface area contributed by atoms with E-state index in [1.54, 1.807) is 0 Å². The molecule has 0 aliphatic heterocycles. The smallest absolute Gasteiger partial charge is 0.809 e. The van der Waals surface area contributed by atoms with Gasteiger partial charge in [-0.05, 0) is 15.2 Å². The average Bonchev–Trinajstić information content (AvgIpc) is 1.59. The normalized spacial score (nSPS) is 10.1. The SMILES string of the molecule is O=P([O-])([O-])C(O)P(=O)([O-])[O-].[Ag+].[Ag+].[Ag+].[Ag+]. The van der Waals surface area contributed by atoms with E-state index in [1.165, 1.54) is 0 Å². The third-order valence-electron chi connectivity index (χ3n) is 0.566. The molecule has 0 unspecified atom stereocenters. The summed E-state index contributed by atoms with van der Waals surface area (Å²) in [7, 11) is -11.4. The van der Waals surface area contributed by atoms with Crippen molar-refractivity contribution in [2.24, 2.45) is 0 Å². The van der Waals surface area contributed by atoms with Crippen molar-refractivity contribution in [3.05, 3.63) is 0 Å². The Morgan fingerprint density at radius 3 is 0.929 bits per heavy atom. The Morgan fingerprint density at radius 2 is 0.929 bits per heavy atom. The van der Waals surface area contributed by atoms with Gasteiger partial charge in [0.2, 0.25) is 0 Å². The first-order valence-corrected chi connectivity index (χ1v) is 5.09. The molecule has 7 nitrogen and oxygen atoms in total. The minimum absolute atomic E-state index is 0. The molecule has 0 fully saturated rings. The fourth-order valence-corrected chi connectivity index (χ4v) is 1.56.